The second kappa shape index (κ2) is 6.08. The maximum absolute atomic E-state index is 12.8. The van der Waals surface area contributed by atoms with E-state index in [2.05, 4.69) is 11.2 Å². The maximum atomic E-state index is 12.8. The number of benzene rings is 1. The van der Waals surface area contributed by atoms with E-state index in [1.807, 2.05) is 50.2 Å². The van der Waals surface area contributed by atoms with Gasteiger partial charge in [-0.25, -0.2) is 4.39 Å². The summed E-state index contributed by atoms with van der Waals surface area (Å²) in [5.41, 5.74) is 2.62. The van der Waals surface area contributed by atoms with Gasteiger partial charge in [0.25, 0.3) is 0 Å². The molecule has 1 aromatic carbocycles. The van der Waals surface area contributed by atoms with Crippen LogP contribution in [0.1, 0.15) is 30.8 Å². The van der Waals surface area contributed by atoms with E-state index in [1.165, 1.54) is 0 Å². The fraction of sp³-hybridized carbons (Fsp3) is 0.235. The van der Waals surface area contributed by atoms with E-state index in [9.17, 15) is 4.39 Å². The van der Waals surface area contributed by atoms with Crippen molar-refractivity contribution >= 4 is 11.0 Å². The quantitative estimate of drug-likeness (QED) is 0.541. The average Bonchev–Trinajstić information content (AvgIpc) is 2.92. The van der Waals surface area contributed by atoms with E-state index < -0.39 is 12.1 Å². The minimum absolute atomic E-state index is 0. The van der Waals surface area contributed by atoms with E-state index in [1.54, 1.807) is 6.07 Å². The molecule has 0 amide bonds. The summed E-state index contributed by atoms with van der Waals surface area (Å²) in [6.45, 7) is 3.54. The Morgan fingerprint density at radius 3 is 2.67 bits per heavy atom. The molecule has 111 valence electrons. The molecule has 0 aliphatic heterocycles. The van der Waals surface area contributed by atoms with Crippen LogP contribution in [0, 0.1) is 6.26 Å². The molecule has 2 nitrogen and oxygen atoms in total. The number of aromatic nitrogens is 1. The molecule has 2 aromatic heterocycles. The van der Waals surface area contributed by atoms with Gasteiger partial charge in [-0.05, 0) is 24.0 Å². The van der Waals surface area contributed by atoms with E-state index in [0.29, 0.717) is 5.69 Å². The number of hydrogen-bond acceptors (Lipinski definition) is 2. The first-order chi connectivity index (χ1) is 9.63. The van der Waals surface area contributed by atoms with Crippen LogP contribution in [0.5, 0.6) is 0 Å². The molecule has 3 rings (SSSR count). The summed E-state index contributed by atoms with van der Waals surface area (Å²) in [6, 6.07) is 13.3. The Kier molecular flexibility index (Phi) is 4.60. The van der Waals surface area contributed by atoms with Crippen LogP contribution in [0.4, 0.5) is 4.39 Å². The van der Waals surface area contributed by atoms with Crippen molar-refractivity contribution in [2.75, 3.05) is 0 Å². The molecule has 0 atom stereocenters. The fourth-order valence-corrected chi connectivity index (χ4v) is 2.42. The molecule has 0 N–H and O–H groups in total. The molecule has 0 saturated carbocycles. The smallest absolute Gasteiger partial charge is 0.131 e. The molecule has 4 heteroatoms. The molecular formula is C17H15FIrNO-. The monoisotopic (exact) mass is 461 g/mol. The number of pyridine rings is 1. The molecule has 2 heterocycles. The Balaban J connectivity index is 0.00000161. The van der Waals surface area contributed by atoms with Gasteiger partial charge in [-0.2, -0.15) is 0 Å². The Morgan fingerprint density at radius 2 is 1.90 bits per heavy atom. The Labute approximate surface area is 136 Å². The molecule has 1 radical (unpaired) electrons. The van der Waals surface area contributed by atoms with Crippen molar-refractivity contribution in [3.8, 4) is 0 Å². The van der Waals surface area contributed by atoms with Crippen LogP contribution in [-0.4, -0.2) is 4.98 Å². The Bertz CT molecular complexity index is 751. The van der Waals surface area contributed by atoms with Crippen molar-refractivity contribution in [3.63, 3.8) is 0 Å². The van der Waals surface area contributed by atoms with Crippen LogP contribution in [0.15, 0.2) is 46.9 Å². The number of halogens is 1. The predicted molar refractivity (Wildman–Crippen MR) is 76.2 cm³/mol. The molecular weight excluding hydrogens is 445 g/mol. The average molecular weight is 461 g/mol. The molecule has 0 saturated heterocycles. The van der Waals surface area contributed by atoms with Gasteiger partial charge in [0.15, 0.2) is 0 Å². The van der Waals surface area contributed by atoms with E-state index in [4.69, 9.17) is 4.42 Å². The third-order valence-electron chi connectivity index (χ3n) is 3.63. The van der Waals surface area contributed by atoms with E-state index >= 15 is 0 Å². The summed E-state index contributed by atoms with van der Waals surface area (Å²) in [5, 5.41) is 1.02. The maximum Gasteiger partial charge on any atom is 0.131 e. The molecule has 0 fully saturated rings. The molecule has 0 bridgehead atoms. The molecule has 0 unspecified atom stereocenters. The number of alkyl halides is 1. The Hall–Kier alpha value is -1.51. The number of para-hydroxylation sites is 1. The van der Waals surface area contributed by atoms with Gasteiger partial charge >= 0.3 is 0 Å². The summed E-state index contributed by atoms with van der Waals surface area (Å²) in [5.74, 6) is 0. The number of rotatable bonds is 3. The first-order valence-corrected chi connectivity index (χ1v) is 6.55. The van der Waals surface area contributed by atoms with Gasteiger partial charge in [-0.3, -0.25) is 4.98 Å². The topological polar surface area (TPSA) is 26.0 Å². The molecule has 21 heavy (non-hydrogen) atoms. The summed E-state index contributed by atoms with van der Waals surface area (Å²) >= 11 is 0. The third kappa shape index (κ3) is 2.78. The number of hydrogen-bond donors (Lipinski definition) is 0. The zero-order valence-electron chi connectivity index (χ0n) is 11.8. The van der Waals surface area contributed by atoms with Crippen molar-refractivity contribution in [3.05, 3.63) is 65.7 Å². The fourth-order valence-electron chi connectivity index (χ4n) is 2.42. The number of furan rings is 1. The van der Waals surface area contributed by atoms with Crippen LogP contribution in [0.3, 0.4) is 0 Å². The minimum Gasteiger partial charge on any atom is -0.591 e. The summed E-state index contributed by atoms with van der Waals surface area (Å²) in [6.07, 6.45) is 2.98. The molecule has 3 aromatic rings. The molecule has 0 aliphatic rings. The summed E-state index contributed by atoms with van der Waals surface area (Å²) in [4.78, 5) is 4.39. The third-order valence-corrected chi connectivity index (χ3v) is 3.63. The number of fused-ring (bicyclic) bond motifs is 1. The van der Waals surface area contributed by atoms with Crippen molar-refractivity contribution < 1.29 is 28.9 Å². The van der Waals surface area contributed by atoms with Crippen LogP contribution >= 0.6 is 0 Å². The second-order valence-electron chi connectivity index (χ2n) is 5.35. The van der Waals surface area contributed by atoms with Crippen molar-refractivity contribution in [1.29, 1.82) is 0 Å². The molecule has 0 aliphatic carbocycles. The van der Waals surface area contributed by atoms with Crippen molar-refractivity contribution in [2.45, 2.75) is 25.9 Å². The zero-order valence-corrected chi connectivity index (χ0v) is 14.2. The largest absolute Gasteiger partial charge is 0.591 e. The van der Waals surface area contributed by atoms with Gasteiger partial charge in [0, 0.05) is 31.2 Å². The summed E-state index contributed by atoms with van der Waals surface area (Å²) in [7, 11) is 0. The van der Waals surface area contributed by atoms with Gasteiger partial charge < -0.3 is 4.42 Å². The van der Waals surface area contributed by atoms with Crippen LogP contribution in [-0.2, 0) is 32.2 Å². The van der Waals surface area contributed by atoms with Crippen LogP contribution in [0.2, 0.25) is 0 Å². The standard InChI is InChI=1S/C17H15FNO.Ir/c1-17(2,16-9-5-6-12(10-18)19-16)14-11-20-15-8-4-3-7-13(14)15;/h3-9H,10H2,1-2H3;/q-1;. The molecule has 0 spiro atoms. The van der Waals surface area contributed by atoms with Gasteiger partial charge in [0.05, 0.1) is 5.69 Å². The van der Waals surface area contributed by atoms with Gasteiger partial charge in [-0.15, -0.1) is 17.0 Å². The van der Waals surface area contributed by atoms with Gasteiger partial charge in [0.2, 0.25) is 0 Å². The van der Waals surface area contributed by atoms with E-state index in [0.717, 1.165) is 22.2 Å². The zero-order chi connectivity index (χ0) is 14.2. The van der Waals surface area contributed by atoms with Gasteiger partial charge in [0.1, 0.15) is 6.67 Å². The minimum atomic E-state index is -0.556. The normalized spacial score (nSPS) is 11.4. The first kappa shape index (κ1) is 15.9. The predicted octanol–water partition coefficient (Wildman–Crippen LogP) is 4.42. The van der Waals surface area contributed by atoms with Crippen molar-refractivity contribution in [2.24, 2.45) is 0 Å². The van der Waals surface area contributed by atoms with Crippen LogP contribution in [0.25, 0.3) is 11.0 Å². The van der Waals surface area contributed by atoms with Crippen LogP contribution < -0.4 is 0 Å². The summed E-state index contributed by atoms with van der Waals surface area (Å²) < 4.78 is 18.3. The second-order valence-corrected chi connectivity index (χ2v) is 5.35. The van der Waals surface area contributed by atoms with Gasteiger partial charge in [-0.1, -0.05) is 38.1 Å². The SMILES string of the molecule is CC(C)(c1cccc(CF)n1)c1[c-]oc2ccccc12.[Ir]. The first-order valence-electron chi connectivity index (χ1n) is 6.55. The Morgan fingerprint density at radius 1 is 1.14 bits per heavy atom. The van der Waals surface area contributed by atoms with E-state index in [-0.39, 0.29) is 20.1 Å². The number of nitrogens with zero attached hydrogens (tertiary/aromatic N) is 1. The van der Waals surface area contributed by atoms with Crippen molar-refractivity contribution in [1.82, 2.24) is 4.98 Å².